The van der Waals surface area contributed by atoms with E-state index in [0.29, 0.717) is 0 Å². The lowest BCUT2D eigenvalue weighted by Crippen LogP contribution is -2.50. The van der Waals surface area contributed by atoms with Gasteiger partial charge in [0.15, 0.2) is 6.10 Å². The van der Waals surface area contributed by atoms with Crippen molar-refractivity contribution in [2.75, 3.05) is 26.4 Å². The van der Waals surface area contributed by atoms with Crippen molar-refractivity contribution in [1.29, 1.82) is 0 Å². The van der Waals surface area contributed by atoms with E-state index in [9.17, 15) is 23.1 Å². The zero-order valence-corrected chi connectivity index (χ0v) is 18.7. The molecular weight excluding hydrogens is 412 g/mol. The van der Waals surface area contributed by atoms with E-state index >= 15 is 0 Å². The Balaban J connectivity index is 3.16. The fourth-order valence-electron chi connectivity index (χ4n) is 2.77. The van der Waals surface area contributed by atoms with Crippen molar-refractivity contribution < 1.29 is 32.0 Å². The molecule has 0 aliphatic carbocycles. The van der Waals surface area contributed by atoms with E-state index in [4.69, 9.17) is 14.7 Å². The summed E-state index contributed by atoms with van der Waals surface area (Å²) in [7, 11) is -0.976. The van der Waals surface area contributed by atoms with Crippen LogP contribution in [0.4, 0.5) is 0 Å². The first-order valence-electron chi connectivity index (χ1n) is 9.60. The maximum atomic E-state index is 12.4. The molecule has 9 nitrogen and oxygen atoms in total. The average molecular weight is 445 g/mol. The van der Waals surface area contributed by atoms with Crippen LogP contribution in [-0.2, 0) is 35.2 Å². The van der Waals surface area contributed by atoms with Gasteiger partial charge in [-0.3, -0.25) is 8.98 Å². The minimum Gasteiger partial charge on any atom is -0.479 e. The van der Waals surface area contributed by atoms with Crippen LogP contribution in [0.2, 0.25) is 0 Å². The molecule has 1 amide bonds. The number of carbonyl (C=O) groups excluding carboxylic acids is 1. The van der Waals surface area contributed by atoms with Crippen LogP contribution in [0, 0.1) is 5.41 Å². The van der Waals surface area contributed by atoms with Crippen molar-refractivity contribution in [2.24, 2.45) is 11.1 Å². The molecule has 0 aliphatic rings. The van der Waals surface area contributed by atoms with Gasteiger partial charge in [-0.15, -0.1) is 0 Å². The number of hydrogen-bond acceptors (Lipinski definition) is 7. The summed E-state index contributed by atoms with van der Waals surface area (Å²) in [5.74, 6) is -2.00. The van der Waals surface area contributed by atoms with Gasteiger partial charge in [0.05, 0.1) is 24.9 Å². The fourth-order valence-corrected chi connectivity index (χ4v) is 4.06. The molecule has 170 valence electrons. The molecule has 0 saturated carbocycles. The number of hydrogen-bond donors (Lipinski definition) is 2. The van der Waals surface area contributed by atoms with Crippen molar-refractivity contribution >= 4 is 22.0 Å². The van der Waals surface area contributed by atoms with Gasteiger partial charge in [-0.05, 0) is 18.5 Å². The highest BCUT2D eigenvalue weighted by molar-refractivity contribution is 7.86. The molecule has 10 heteroatoms. The Labute approximate surface area is 178 Å². The smallest absolute Gasteiger partial charge is 0.333 e. The van der Waals surface area contributed by atoms with E-state index < -0.39 is 39.6 Å². The van der Waals surface area contributed by atoms with Crippen LogP contribution < -0.4 is 5.73 Å². The van der Waals surface area contributed by atoms with Gasteiger partial charge in [0, 0.05) is 19.5 Å². The maximum absolute atomic E-state index is 12.4. The lowest BCUT2D eigenvalue weighted by Gasteiger charge is -2.38. The van der Waals surface area contributed by atoms with Crippen LogP contribution in [0.15, 0.2) is 30.3 Å². The summed E-state index contributed by atoms with van der Waals surface area (Å²) in [6.45, 7) is 3.20. The topological polar surface area (TPSA) is 136 Å². The molecule has 0 aromatic heterocycles. The minimum atomic E-state index is -4.02. The van der Waals surface area contributed by atoms with E-state index in [-0.39, 0.29) is 31.7 Å². The first kappa shape index (κ1) is 26.0. The molecule has 1 rings (SSSR count). The van der Waals surface area contributed by atoms with Gasteiger partial charge in [-0.2, -0.15) is 8.42 Å². The summed E-state index contributed by atoms with van der Waals surface area (Å²) in [4.78, 5) is 25.6. The Morgan fingerprint density at radius 3 is 2.30 bits per heavy atom. The monoisotopic (exact) mass is 444 g/mol. The van der Waals surface area contributed by atoms with Crippen molar-refractivity contribution in [2.45, 2.75) is 45.5 Å². The van der Waals surface area contributed by atoms with Crippen LogP contribution in [0.5, 0.6) is 0 Å². The predicted octanol–water partition coefficient (Wildman–Crippen LogP) is 1.22. The van der Waals surface area contributed by atoms with Gasteiger partial charge in [-0.1, -0.05) is 44.2 Å². The number of carboxylic acids is 1. The lowest BCUT2D eigenvalue weighted by molar-refractivity contribution is -0.168. The molecule has 0 bridgehead atoms. The number of rotatable bonds is 13. The SMILES string of the molecule is CN(C)C(=O)CC(OS(=O)(=O)CCCN)C(C)(C)[C@@H](OCc1ccccc1)C(=O)O. The van der Waals surface area contributed by atoms with E-state index in [1.54, 1.807) is 24.3 Å². The number of benzene rings is 1. The molecular formula is C20H32N2O7S. The van der Waals surface area contributed by atoms with Crippen LogP contribution in [0.3, 0.4) is 0 Å². The third-order valence-corrected chi connectivity index (χ3v) is 6.02. The van der Waals surface area contributed by atoms with Crippen LogP contribution >= 0.6 is 0 Å². The Morgan fingerprint density at radius 1 is 1.20 bits per heavy atom. The molecule has 1 aromatic carbocycles. The molecule has 3 N–H and O–H groups in total. The van der Waals surface area contributed by atoms with Gasteiger partial charge in [-0.25, -0.2) is 4.79 Å². The highest BCUT2D eigenvalue weighted by atomic mass is 32.2. The number of aliphatic carboxylic acids is 1. The third kappa shape index (κ3) is 8.02. The minimum absolute atomic E-state index is 0.00943. The Hall–Kier alpha value is -2.01. The molecule has 0 aliphatic heterocycles. The summed E-state index contributed by atoms with van der Waals surface area (Å²) < 4.78 is 35.7. The van der Waals surface area contributed by atoms with Crippen molar-refractivity contribution in [3.63, 3.8) is 0 Å². The Morgan fingerprint density at radius 2 is 1.80 bits per heavy atom. The van der Waals surface area contributed by atoms with E-state index in [1.807, 2.05) is 6.07 Å². The number of nitrogens with zero attached hydrogens (tertiary/aromatic N) is 1. The molecule has 30 heavy (non-hydrogen) atoms. The molecule has 1 aromatic rings. The fraction of sp³-hybridized carbons (Fsp3) is 0.600. The standard InChI is InChI=1S/C20H32N2O7S/c1-20(2,18(19(24)25)28-14-15-9-6-5-7-10-15)16(13-17(23)22(3)4)29-30(26,27)12-8-11-21/h5-7,9-10,16,18H,8,11-14,21H2,1-4H3,(H,24,25)/t16?,18-/m0/s1. The molecule has 0 saturated heterocycles. The first-order chi connectivity index (χ1) is 13.9. The molecule has 0 radical (unpaired) electrons. The van der Waals surface area contributed by atoms with Crippen molar-refractivity contribution in [1.82, 2.24) is 4.90 Å². The Bertz CT molecular complexity index is 795. The van der Waals surface area contributed by atoms with E-state index in [1.165, 1.54) is 32.8 Å². The maximum Gasteiger partial charge on any atom is 0.333 e. The van der Waals surface area contributed by atoms with Crippen LogP contribution in [-0.4, -0.2) is 68.9 Å². The highest BCUT2D eigenvalue weighted by Gasteiger charge is 2.46. The largest absolute Gasteiger partial charge is 0.479 e. The van der Waals surface area contributed by atoms with Gasteiger partial charge in [0.25, 0.3) is 10.1 Å². The molecule has 2 atom stereocenters. The van der Waals surface area contributed by atoms with Gasteiger partial charge in [0.2, 0.25) is 5.91 Å². The zero-order chi connectivity index (χ0) is 22.9. The Kier molecular flexibility index (Phi) is 9.89. The third-order valence-electron chi connectivity index (χ3n) is 4.71. The number of amides is 1. The summed E-state index contributed by atoms with van der Waals surface area (Å²) in [5.41, 5.74) is 4.79. The average Bonchev–Trinajstić information content (AvgIpc) is 2.66. The normalized spacial score (nSPS) is 14.2. The second-order valence-corrected chi connectivity index (χ2v) is 9.53. The molecule has 0 spiro atoms. The molecule has 0 fully saturated rings. The summed E-state index contributed by atoms with van der Waals surface area (Å²) in [6, 6.07) is 8.99. The van der Waals surface area contributed by atoms with Gasteiger partial charge >= 0.3 is 5.97 Å². The van der Waals surface area contributed by atoms with Gasteiger partial charge < -0.3 is 20.5 Å². The van der Waals surface area contributed by atoms with Crippen LogP contribution in [0.25, 0.3) is 0 Å². The summed E-state index contributed by atoms with van der Waals surface area (Å²) >= 11 is 0. The van der Waals surface area contributed by atoms with Crippen molar-refractivity contribution in [3.8, 4) is 0 Å². The zero-order valence-electron chi connectivity index (χ0n) is 17.9. The number of carbonyl (C=O) groups is 2. The second kappa shape index (κ2) is 11.4. The summed E-state index contributed by atoms with van der Waals surface area (Å²) in [5, 5.41) is 9.78. The van der Waals surface area contributed by atoms with E-state index in [2.05, 4.69) is 0 Å². The molecule has 1 unspecified atom stereocenters. The number of nitrogens with two attached hydrogens (primary N) is 1. The molecule has 0 heterocycles. The van der Waals surface area contributed by atoms with E-state index in [0.717, 1.165) is 5.56 Å². The van der Waals surface area contributed by atoms with Crippen molar-refractivity contribution in [3.05, 3.63) is 35.9 Å². The number of carboxylic acid groups (broad SMARTS) is 1. The predicted molar refractivity (Wildman–Crippen MR) is 112 cm³/mol. The second-order valence-electron chi connectivity index (χ2n) is 7.82. The first-order valence-corrected chi connectivity index (χ1v) is 11.2. The van der Waals surface area contributed by atoms with Gasteiger partial charge in [0.1, 0.15) is 0 Å². The summed E-state index contributed by atoms with van der Waals surface area (Å²) in [6.07, 6.45) is -2.79. The quantitative estimate of drug-likeness (QED) is 0.434. The van der Waals surface area contributed by atoms with Crippen LogP contribution in [0.1, 0.15) is 32.3 Å². The lowest BCUT2D eigenvalue weighted by atomic mass is 9.79. The number of ether oxygens (including phenoxy) is 1. The highest BCUT2D eigenvalue weighted by Crippen LogP contribution is 2.34.